The highest BCUT2D eigenvalue weighted by atomic mass is 16.6. The number of benzene rings is 3. The summed E-state index contributed by atoms with van der Waals surface area (Å²) in [6, 6.07) is 10.3. The third-order valence-corrected chi connectivity index (χ3v) is 5.19. The Morgan fingerprint density at radius 2 is 1.33 bits per heavy atom. The van der Waals surface area contributed by atoms with E-state index in [1.54, 1.807) is 0 Å². The second-order valence-corrected chi connectivity index (χ2v) is 7.04. The van der Waals surface area contributed by atoms with Crippen LogP contribution in [0.2, 0.25) is 0 Å². The Morgan fingerprint density at radius 1 is 0.800 bits per heavy atom. The van der Waals surface area contributed by atoms with Gasteiger partial charge in [0.15, 0.2) is 0 Å². The fraction of sp³-hybridized carbons (Fsp3) is 0.0909. The predicted octanol–water partition coefficient (Wildman–Crippen LogP) is 4.14. The second kappa shape index (κ2) is 6.70. The molecular formula is C22H16N2O6. The van der Waals surface area contributed by atoms with Crippen molar-refractivity contribution in [3.63, 3.8) is 0 Å². The van der Waals surface area contributed by atoms with Gasteiger partial charge in [0.05, 0.1) is 27.3 Å². The number of fused-ring (bicyclic) bond motifs is 2. The lowest BCUT2D eigenvalue weighted by molar-refractivity contribution is -0.385. The number of carbonyl (C=O) groups excluding carboxylic acids is 2. The van der Waals surface area contributed by atoms with Gasteiger partial charge in [-0.05, 0) is 43.2 Å². The minimum Gasteiger partial charge on any atom is -0.507 e. The molecule has 8 heteroatoms. The number of aryl methyl sites for hydroxylation is 2. The van der Waals surface area contributed by atoms with Crippen LogP contribution in [-0.2, 0) is 0 Å². The summed E-state index contributed by atoms with van der Waals surface area (Å²) in [4.78, 5) is 37.0. The number of hydrogen-bond donors (Lipinski definition) is 3. The molecule has 0 saturated heterocycles. The molecule has 150 valence electrons. The molecule has 1 aliphatic carbocycles. The van der Waals surface area contributed by atoms with Crippen LogP contribution in [-0.4, -0.2) is 26.7 Å². The molecule has 0 spiro atoms. The number of carbonyl (C=O) groups is 2. The number of phenolic OH excluding ortho intramolecular Hbond substituents is 2. The number of phenols is 2. The van der Waals surface area contributed by atoms with Gasteiger partial charge in [0.1, 0.15) is 17.1 Å². The molecule has 0 aliphatic heterocycles. The molecule has 0 saturated carbocycles. The van der Waals surface area contributed by atoms with Crippen LogP contribution in [0.5, 0.6) is 11.5 Å². The van der Waals surface area contributed by atoms with E-state index in [0.29, 0.717) is 0 Å². The fourth-order valence-corrected chi connectivity index (χ4v) is 3.75. The molecule has 4 rings (SSSR count). The first-order valence-electron chi connectivity index (χ1n) is 9.01. The molecule has 30 heavy (non-hydrogen) atoms. The topological polar surface area (TPSA) is 130 Å². The SMILES string of the molecule is Cc1cccc(C)c1Nc1ccc(O)c2c1C(=O)c1c(O)ccc([N+](=O)[O-])c1C2=O. The first-order chi connectivity index (χ1) is 14.2. The van der Waals surface area contributed by atoms with Crippen LogP contribution in [0.1, 0.15) is 43.0 Å². The maximum Gasteiger partial charge on any atom is 0.281 e. The average molecular weight is 404 g/mol. The van der Waals surface area contributed by atoms with E-state index in [1.807, 2.05) is 32.0 Å². The summed E-state index contributed by atoms with van der Waals surface area (Å²) < 4.78 is 0. The van der Waals surface area contributed by atoms with E-state index in [4.69, 9.17) is 0 Å². The van der Waals surface area contributed by atoms with Crippen molar-refractivity contribution in [2.45, 2.75) is 13.8 Å². The Bertz CT molecular complexity index is 1260. The third-order valence-electron chi connectivity index (χ3n) is 5.19. The molecule has 0 amide bonds. The van der Waals surface area contributed by atoms with Crippen LogP contribution in [0, 0.1) is 24.0 Å². The molecule has 8 nitrogen and oxygen atoms in total. The first kappa shape index (κ1) is 19.1. The zero-order valence-corrected chi connectivity index (χ0v) is 16.0. The Morgan fingerprint density at radius 3 is 1.93 bits per heavy atom. The smallest absolute Gasteiger partial charge is 0.281 e. The van der Waals surface area contributed by atoms with Crippen LogP contribution < -0.4 is 5.32 Å². The van der Waals surface area contributed by atoms with Gasteiger partial charge in [0.25, 0.3) is 5.69 Å². The van der Waals surface area contributed by atoms with Crippen LogP contribution in [0.4, 0.5) is 17.1 Å². The first-order valence-corrected chi connectivity index (χ1v) is 9.01. The number of para-hydroxylation sites is 1. The van der Waals surface area contributed by atoms with Crippen molar-refractivity contribution < 1.29 is 24.7 Å². The van der Waals surface area contributed by atoms with Crippen LogP contribution >= 0.6 is 0 Å². The molecule has 3 aromatic rings. The summed E-state index contributed by atoms with van der Waals surface area (Å²) >= 11 is 0. The number of hydrogen-bond acceptors (Lipinski definition) is 7. The maximum atomic E-state index is 13.3. The summed E-state index contributed by atoms with van der Waals surface area (Å²) in [6.45, 7) is 3.75. The van der Waals surface area contributed by atoms with Crippen molar-refractivity contribution in [1.82, 2.24) is 0 Å². The number of nitro benzene ring substituents is 1. The van der Waals surface area contributed by atoms with Gasteiger partial charge in [-0.1, -0.05) is 18.2 Å². The van der Waals surface area contributed by atoms with Gasteiger partial charge in [-0.2, -0.15) is 0 Å². The highest BCUT2D eigenvalue weighted by Crippen LogP contribution is 2.43. The Kier molecular flexibility index (Phi) is 4.27. The molecule has 0 radical (unpaired) electrons. The quantitative estimate of drug-likeness (QED) is 0.266. The summed E-state index contributed by atoms with van der Waals surface area (Å²) in [5, 5.41) is 35.1. The number of anilines is 2. The zero-order chi connectivity index (χ0) is 21.7. The molecule has 3 aromatic carbocycles. The van der Waals surface area contributed by atoms with Crippen LogP contribution in [0.25, 0.3) is 0 Å². The van der Waals surface area contributed by atoms with Gasteiger partial charge in [-0.25, -0.2) is 0 Å². The number of rotatable bonds is 3. The number of nitrogens with zero attached hydrogens (tertiary/aromatic N) is 1. The molecule has 1 aliphatic rings. The van der Waals surface area contributed by atoms with Gasteiger partial charge in [0.2, 0.25) is 11.6 Å². The van der Waals surface area contributed by atoms with Gasteiger partial charge in [-0.3, -0.25) is 19.7 Å². The monoisotopic (exact) mass is 404 g/mol. The molecule has 0 fully saturated rings. The summed E-state index contributed by atoms with van der Waals surface area (Å²) in [5.41, 5.74) is 0.682. The number of ketones is 2. The molecule has 3 N–H and O–H groups in total. The van der Waals surface area contributed by atoms with E-state index in [1.165, 1.54) is 12.1 Å². The minimum absolute atomic E-state index is 0.147. The summed E-state index contributed by atoms with van der Waals surface area (Å²) in [7, 11) is 0. The van der Waals surface area contributed by atoms with E-state index < -0.39 is 44.8 Å². The molecule has 0 aromatic heterocycles. The number of nitrogens with one attached hydrogen (secondary N) is 1. The Balaban J connectivity index is 1.99. The minimum atomic E-state index is -0.898. The third kappa shape index (κ3) is 2.69. The van der Waals surface area contributed by atoms with Gasteiger partial charge in [-0.15, -0.1) is 0 Å². The van der Waals surface area contributed by atoms with Crippen LogP contribution in [0.3, 0.4) is 0 Å². The van der Waals surface area contributed by atoms with Gasteiger partial charge in [0, 0.05) is 11.8 Å². The maximum absolute atomic E-state index is 13.3. The average Bonchev–Trinajstić information content (AvgIpc) is 2.69. The fourth-order valence-electron chi connectivity index (χ4n) is 3.75. The van der Waals surface area contributed by atoms with E-state index in [-0.39, 0.29) is 16.8 Å². The highest BCUT2D eigenvalue weighted by molar-refractivity contribution is 6.33. The van der Waals surface area contributed by atoms with Crippen molar-refractivity contribution in [3.8, 4) is 11.5 Å². The summed E-state index contributed by atoms with van der Waals surface area (Å²) in [5.74, 6) is -2.70. The van der Waals surface area contributed by atoms with E-state index in [9.17, 15) is 29.9 Å². The Labute approximate surface area is 170 Å². The standard InChI is InChI=1S/C22H16N2O6/c1-10-4-3-5-11(2)20(10)23-12-6-8-14(25)18-16(12)21(27)19-15(26)9-7-13(24(29)30)17(19)22(18)28/h3-9,23,25-26H,1-2H3. The van der Waals surface area contributed by atoms with E-state index in [2.05, 4.69) is 5.32 Å². The molecule has 0 heterocycles. The largest absolute Gasteiger partial charge is 0.507 e. The molecule has 0 atom stereocenters. The molecule has 0 bridgehead atoms. The normalized spacial score (nSPS) is 12.3. The van der Waals surface area contributed by atoms with Crippen molar-refractivity contribution in [2.75, 3.05) is 5.32 Å². The van der Waals surface area contributed by atoms with Crippen molar-refractivity contribution in [3.05, 3.63) is 86.0 Å². The van der Waals surface area contributed by atoms with Crippen molar-refractivity contribution >= 4 is 28.6 Å². The number of aromatic hydroxyl groups is 2. The lowest BCUT2D eigenvalue weighted by atomic mass is 9.81. The van der Waals surface area contributed by atoms with Gasteiger partial charge >= 0.3 is 0 Å². The second-order valence-electron chi connectivity index (χ2n) is 7.04. The van der Waals surface area contributed by atoms with E-state index in [0.717, 1.165) is 28.9 Å². The lowest BCUT2D eigenvalue weighted by Gasteiger charge is -2.23. The van der Waals surface area contributed by atoms with E-state index >= 15 is 0 Å². The van der Waals surface area contributed by atoms with Crippen molar-refractivity contribution in [1.29, 1.82) is 0 Å². The lowest BCUT2D eigenvalue weighted by Crippen LogP contribution is -2.24. The van der Waals surface area contributed by atoms with Gasteiger partial charge < -0.3 is 15.5 Å². The predicted molar refractivity (Wildman–Crippen MR) is 109 cm³/mol. The van der Waals surface area contributed by atoms with Crippen molar-refractivity contribution in [2.24, 2.45) is 0 Å². The van der Waals surface area contributed by atoms with Crippen LogP contribution in [0.15, 0.2) is 42.5 Å². The highest BCUT2D eigenvalue weighted by Gasteiger charge is 2.40. The molecular weight excluding hydrogens is 388 g/mol. The number of nitro groups is 1. The Hall–Kier alpha value is -4.20. The summed E-state index contributed by atoms with van der Waals surface area (Å²) in [6.07, 6.45) is 0. The molecule has 0 unspecified atom stereocenters. The zero-order valence-electron chi connectivity index (χ0n) is 16.0.